The number of hydrogen-bond donors (Lipinski definition) is 0. The van der Waals surface area contributed by atoms with Crippen LogP contribution in [0.1, 0.15) is 24.5 Å². The second-order valence-electron chi connectivity index (χ2n) is 7.99. The summed E-state index contributed by atoms with van der Waals surface area (Å²) in [6.07, 6.45) is -3.10. The first-order chi connectivity index (χ1) is 16.2. The Hall–Kier alpha value is -3.16. The van der Waals surface area contributed by atoms with Gasteiger partial charge >= 0.3 is 12.1 Å². The van der Waals surface area contributed by atoms with E-state index in [9.17, 15) is 18.0 Å². The number of ether oxygens (including phenoxy) is 1. The van der Waals surface area contributed by atoms with E-state index in [-0.39, 0.29) is 17.4 Å². The van der Waals surface area contributed by atoms with Crippen molar-refractivity contribution in [1.82, 2.24) is 9.13 Å². The highest BCUT2D eigenvalue weighted by molar-refractivity contribution is 6.30. The third-order valence-electron chi connectivity index (χ3n) is 5.56. The summed E-state index contributed by atoms with van der Waals surface area (Å²) < 4.78 is 45.9. The molecule has 0 saturated heterocycles. The molecule has 9 heteroatoms. The number of benzene rings is 3. The predicted molar refractivity (Wildman–Crippen MR) is 125 cm³/mol. The summed E-state index contributed by atoms with van der Waals surface area (Å²) >= 11 is 12.1. The van der Waals surface area contributed by atoms with Crippen LogP contribution in [0.15, 0.2) is 77.6 Å². The normalized spacial score (nSPS) is 13.8. The van der Waals surface area contributed by atoms with Crippen LogP contribution in [0.4, 0.5) is 13.2 Å². The van der Waals surface area contributed by atoms with Crippen molar-refractivity contribution in [3.8, 4) is 28.4 Å². The number of hydrogen-bond acceptors (Lipinski definition) is 2. The summed E-state index contributed by atoms with van der Waals surface area (Å²) in [6.45, 7) is 0. The first-order valence-electron chi connectivity index (χ1n) is 10.5. The van der Waals surface area contributed by atoms with Crippen LogP contribution >= 0.6 is 23.2 Å². The Bertz CT molecular complexity index is 1400. The number of imidazole rings is 1. The van der Waals surface area contributed by atoms with E-state index in [2.05, 4.69) is 4.74 Å². The Morgan fingerprint density at radius 3 is 1.91 bits per heavy atom. The zero-order chi connectivity index (χ0) is 24.0. The van der Waals surface area contributed by atoms with Crippen LogP contribution in [-0.4, -0.2) is 15.5 Å². The fourth-order valence-electron chi connectivity index (χ4n) is 4.04. The third kappa shape index (κ3) is 4.45. The SMILES string of the molecule is O=c1n(-c2ccc(Cl)cc2)c(-c2cccc(OC(F)(F)F)c2)c(C2CC2)n1-c1ccc(Cl)cc1. The Morgan fingerprint density at radius 1 is 0.824 bits per heavy atom. The summed E-state index contributed by atoms with van der Waals surface area (Å²) in [5.74, 6) is -0.278. The minimum atomic E-state index is -4.83. The van der Waals surface area contributed by atoms with Crippen molar-refractivity contribution in [2.75, 3.05) is 0 Å². The van der Waals surface area contributed by atoms with Gasteiger partial charge < -0.3 is 4.74 Å². The molecule has 0 spiro atoms. The molecule has 174 valence electrons. The van der Waals surface area contributed by atoms with Crippen molar-refractivity contribution in [2.45, 2.75) is 25.1 Å². The molecule has 34 heavy (non-hydrogen) atoms. The molecule has 5 rings (SSSR count). The third-order valence-corrected chi connectivity index (χ3v) is 6.07. The van der Waals surface area contributed by atoms with Gasteiger partial charge in [0.05, 0.1) is 22.8 Å². The molecule has 3 aromatic carbocycles. The van der Waals surface area contributed by atoms with E-state index in [1.54, 1.807) is 59.2 Å². The minimum Gasteiger partial charge on any atom is -0.406 e. The van der Waals surface area contributed by atoms with E-state index in [4.69, 9.17) is 23.2 Å². The Balaban J connectivity index is 1.80. The average molecular weight is 505 g/mol. The quantitative estimate of drug-likeness (QED) is 0.284. The van der Waals surface area contributed by atoms with Gasteiger partial charge in [-0.1, -0.05) is 35.3 Å². The van der Waals surface area contributed by atoms with Crippen LogP contribution in [0.25, 0.3) is 22.6 Å². The summed E-state index contributed by atoms with van der Waals surface area (Å²) in [6, 6.07) is 19.3. The molecule has 0 unspecified atom stereocenters. The van der Waals surface area contributed by atoms with Gasteiger partial charge in [-0.2, -0.15) is 0 Å². The molecule has 1 aliphatic rings. The smallest absolute Gasteiger partial charge is 0.406 e. The molecule has 1 aliphatic carbocycles. The molecule has 1 fully saturated rings. The standard InChI is InChI=1S/C25H17Cl2F3N2O2/c26-17-6-10-19(11-7-17)31-22(15-4-5-15)23(16-2-1-3-21(14-16)34-25(28,29)30)32(24(31)33)20-12-8-18(27)9-13-20/h1-3,6-15H,4-5H2. The fraction of sp³-hybridized carbons (Fsp3) is 0.160. The van der Waals surface area contributed by atoms with E-state index in [0.717, 1.165) is 18.5 Å². The molecule has 0 N–H and O–H groups in total. The molecular weight excluding hydrogens is 488 g/mol. The van der Waals surface area contributed by atoms with Gasteiger partial charge in [0.1, 0.15) is 5.75 Å². The van der Waals surface area contributed by atoms with E-state index in [1.165, 1.54) is 22.8 Å². The van der Waals surface area contributed by atoms with Gasteiger partial charge in [-0.25, -0.2) is 4.79 Å². The number of halogens is 5. The molecule has 0 amide bonds. The average Bonchev–Trinajstić information content (AvgIpc) is 3.57. The predicted octanol–water partition coefficient (Wildman–Crippen LogP) is 7.38. The number of aromatic nitrogens is 2. The second-order valence-corrected chi connectivity index (χ2v) is 8.86. The fourth-order valence-corrected chi connectivity index (χ4v) is 4.29. The highest BCUT2D eigenvalue weighted by atomic mass is 35.5. The largest absolute Gasteiger partial charge is 0.573 e. The first-order valence-corrected chi connectivity index (χ1v) is 11.2. The molecule has 0 radical (unpaired) electrons. The van der Waals surface area contributed by atoms with Gasteiger partial charge in [0.25, 0.3) is 0 Å². The molecule has 0 atom stereocenters. The number of nitrogens with zero attached hydrogens (tertiary/aromatic N) is 2. The molecule has 1 aromatic heterocycles. The van der Waals surface area contributed by atoms with Crippen LogP contribution in [0.5, 0.6) is 5.75 Å². The minimum absolute atomic E-state index is 0.0825. The summed E-state index contributed by atoms with van der Waals surface area (Å²) in [4.78, 5) is 13.8. The molecule has 1 heterocycles. The lowest BCUT2D eigenvalue weighted by Crippen LogP contribution is -2.23. The van der Waals surface area contributed by atoms with Gasteiger partial charge in [0.2, 0.25) is 0 Å². The Morgan fingerprint density at radius 2 is 1.38 bits per heavy atom. The van der Waals surface area contributed by atoms with Crippen molar-refractivity contribution >= 4 is 23.2 Å². The first kappa shape index (κ1) is 22.6. The Kier molecular flexibility index (Phi) is 5.70. The van der Waals surface area contributed by atoms with Gasteiger partial charge in [-0.05, 0) is 73.5 Å². The highest BCUT2D eigenvalue weighted by Crippen LogP contribution is 2.46. The Labute approximate surface area is 202 Å². The van der Waals surface area contributed by atoms with Crippen LogP contribution in [0, 0.1) is 0 Å². The highest BCUT2D eigenvalue weighted by Gasteiger charge is 2.35. The summed E-state index contributed by atoms with van der Waals surface area (Å²) in [5, 5.41) is 1.03. The van der Waals surface area contributed by atoms with E-state index in [0.29, 0.717) is 32.7 Å². The molecule has 0 bridgehead atoms. The monoisotopic (exact) mass is 504 g/mol. The molecule has 1 saturated carbocycles. The molecule has 4 aromatic rings. The van der Waals surface area contributed by atoms with Crippen molar-refractivity contribution in [3.05, 3.63) is 99.0 Å². The molecule has 0 aliphatic heterocycles. The van der Waals surface area contributed by atoms with Crippen molar-refractivity contribution < 1.29 is 17.9 Å². The lowest BCUT2D eigenvalue weighted by molar-refractivity contribution is -0.274. The lowest BCUT2D eigenvalue weighted by Gasteiger charge is -2.13. The summed E-state index contributed by atoms with van der Waals surface area (Å²) in [5.41, 5.74) is 2.49. The van der Waals surface area contributed by atoms with Gasteiger partial charge in [0, 0.05) is 21.5 Å². The molecule has 4 nitrogen and oxygen atoms in total. The van der Waals surface area contributed by atoms with Gasteiger partial charge in [0.15, 0.2) is 0 Å². The maximum atomic E-state index is 13.8. The van der Waals surface area contributed by atoms with Crippen molar-refractivity contribution in [3.63, 3.8) is 0 Å². The zero-order valence-electron chi connectivity index (χ0n) is 17.5. The summed E-state index contributed by atoms with van der Waals surface area (Å²) in [7, 11) is 0. The topological polar surface area (TPSA) is 36.2 Å². The number of alkyl halides is 3. The van der Waals surface area contributed by atoms with E-state index < -0.39 is 6.36 Å². The lowest BCUT2D eigenvalue weighted by atomic mass is 10.1. The van der Waals surface area contributed by atoms with Gasteiger partial charge in [-0.15, -0.1) is 13.2 Å². The van der Waals surface area contributed by atoms with E-state index in [1.807, 2.05) is 0 Å². The van der Waals surface area contributed by atoms with Crippen molar-refractivity contribution in [1.29, 1.82) is 0 Å². The maximum Gasteiger partial charge on any atom is 0.573 e. The van der Waals surface area contributed by atoms with Crippen LogP contribution in [0.3, 0.4) is 0 Å². The zero-order valence-corrected chi connectivity index (χ0v) is 19.0. The maximum absolute atomic E-state index is 13.8. The van der Waals surface area contributed by atoms with Crippen LogP contribution in [0.2, 0.25) is 10.0 Å². The van der Waals surface area contributed by atoms with Crippen LogP contribution < -0.4 is 10.4 Å². The number of rotatable bonds is 5. The van der Waals surface area contributed by atoms with Gasteiger partial charge in [-0.3, -0.25) is 9.13 Å². The van der Waals surface area contributed by atoms with Crippen LogP contribution in [-0.2, 0) is 0 Å². The second kappa shape index (κ2) is 8.56. The van der Waals surface area contributed by atoms with Crippen molar-refractivity contribution in [2.24, 2.45) is 0 Å². The molecular formula is C25H17Cl2F3N2O2. The van der Waals surface area contributed by atoms with E-state index >= 15 is 0 Å².